The van der Waals surface area contributed by atoms with E-state index in [1.54, 1.807) is 19.2 Å². The van der Waals surface area contributed by atoms with E-state index in [0.717, 1.165) is 31.2 Å². The maximum Gasteiger partial charge on any atom is 0.224 e. The van der Waals surface area contributed by atoms with Crippen molar-refractivity contribution in [1.82, 2.24) is 16.0 Å². The van der Waals surface area contributed by atoms with Gasteiger partial charge in [0.05, 0.1) is 6.42 Å². The Kier molecular flexibility index (Phi) is 9.40. The monoisotopic (exact) mass is 410 g/mol. The van der Waals surface area contributed by atoms with E-state index in [1.807, 2.05) is 6.92 Å². The van der Waals surface area contributed by atoms with Crippen LogP contribution in [0.3, 0.4) is 0 Å². The first-order valence-electron chi connectivity index (χ1n) is 9.87. The Labute approximate surface area is 169 Å². The summed E-state index contributed by atoms with van der Waals surface area (Å²) < 4.78 is 25.0. The van der Waals surface area contributed by atoms with Crippen molar-refractivity contribution in [3.63, 3.8) is 0 Å². The van der Waals surface area contributed by atoms with Gasteiger partial charge in [0, 0.05) is 48.0 Å². The molecule has 1 saturated carbocycles. The fraction of sp³-hybridized carbons (Fsp3) is 0.600. The van der Waals surface area contributed by atoms with Gasteiger partial charge in [0.25, 0.3) is 0 Å². The lowest BCUT2D eigenvalue weighted by atomic mass is 9.95. The predicted molar refractivity (Wildman–Crippen MR) is 112 cm³/mol. The zero-order valence-electron chi connectivity index (χ0n) is 16.7. The Balaban J connectivity index is 1.67. The van der Waals surface area contributed by atoms with Gasteiger partial charge in [0.15, 0.2) is 5.96 Å². The molecular formula is C20H31FN4O2S. The summed E-state index contributed by atoms with van der Waals surface area (Å²) >= 11 is 0. The standard InChI is InChI=1S/C20H31FN4O2S/c1-3-28(27)18-6-4-5-17(14-18)25-20(22-2)24-12-11-23-19(26)13-15-7-9-16(21)10-8-15/h7-10,17-18H,3-6,11-14H2,1-2H3,(H,23,26)(H2,22,24,25). The number of nitrogens with one attached hydrogen (secondary N) is 3. The summed E-state index contributed by atoms with van der Waals surface area (Å²) in [5.74, 6) is 0.994. The first-order valence-corrected chi connectivity index (χ1v) is 11.3. The average molecular weight is 411 g/mol. The van der Waals surface area contributed by atoms with Crippen LogP contribution in [0.15, 0.2) is 29.3 Å². The molecule has 6 nitrogen and oxygen atoms in total. The van der Waals surface area contributed by atoms with E-state index >= 15 is 0 Å². The van der Waals surface area contributed by atoms with Gasteiger partial charge in [0.2, 0.25) is 5.91 Å². The van der Waals surface area contributed by atoms with Crippen molar-refractivity contribution in [2.45, 2.75) is 50.3 Å². The summed E-state index contributed by atoms with van der Waals surface area (Å²) in [4.78, 5) is 16.2. The second-order valence-corrected chi connectivity index (χ2v) is 8.96. The zero-order valence-corrected chi connectivity index (χ0v) is 17.5. The summed E-state index contributed by atoms with van der Waals surface area (Å²) in [6.07, 6.45) is 4.28. The molecular weight excluding hydrogens is 379 g/mol. The van der Waals surface area contributed by atoms with Crippen LogP contribution in [0.2, 0.25) is 0 Å². The van der Waals surface area contributed by atoms with Crippen LogP contribution in [0.4, 0.5) is 4.39 Å². The van der Waals surface area contributed by atoms with Crippen molar-refractivity contribution < 1.29 is 13.4 Å². The van der Waals surface area contributed by atoms with Crippen LogP contribution in [0, 0.1) is 5.82 Å². The molecule has 2 rings (SSSR count). The molecule has 28 heavy (non-hydrogen) atoms. The van der Waals surface area contributed by atoms with Gasteiger partial charge in [-0.3, -0.25) is 14.0 Å². The van der Waals surface area contributed by atoms with E-state index in [2.05, 4.69) is 20.9 Å². The van der Waals surface area contributed by atoms with Crippen molar-refractivity contribution in [3.05, 3.63) is 35.6 Å². The summed E-state index contributed by atoms with van der Waals surface area (Å²) in [5, 5.41) is 9.71. The highest BCUT2D eigenvalue weighted by Gasteiger charge is 2.25. The highest BCUT2D eigenvalue weighted by molar-refractivity contribution is 7.85. The third kappa shape index (κ3) is 7.58. The molecule has 1 amide bonds. The second kappa shape index (κ2) is 11.8. The number of amides is 1. The Bertz CT molecular complexity index is 681. The van der Waals surface area contributed by atoms with Crippen LogP contribution < -0.4 is 16.0 Å². The Morgan fingerprint density at radius 1 is 1.21 bits per heavy atom. The minimum atomic E-state index is -0.750. The molecule has 1 aromatic carbocycles. The number of carbonyl (C=O) groups excluding carboxylic acids is 1. The van der Waals surface area contributed by atoms with Crippen molar-refractivity contribution in [2.24, 2.45) is 4.99 Å². The summed E-state index contributed by atoms with van der Waals surface area (Å²) in [7, 11) is 0.965. The molecule has 0 bridgehead atoms. The molecule has 0 saturated heterocycles. The van der Waals surface area contributed by atoms with Crippen LogP contribution in [0.25, 0.3) is 0 Å². The number of nitrogens with zero attached hydrogens (tertiary/aromatic N) is 1. The Morgan fingerprint density at radius 2 is 1.93 bits per heavy atom. The molecule has 3 atom stereocenters. The summed E-state index contributed by atoms with van der Waals surface area (Å²) in [6, 6.07) is 6.20. The molecule has 1 aliphatic rings. The highest BCUT2D eigenvalue weighted by atomic mass is 32.2. The predicted octanol–water partition coefficient (Wildman–Crippen LogP) is 1.73. The van der Waals surface area contributed by atoms with Crippen LogP contribution in [0.1, 0.15) is 38.2 Å². The summed E-state index contributed by atoms with van der Waals surface area (Å²) in [6.45, 7) is 2.98. The van der Waals surface area contributed by atoms with Gasteiger partial charge >= 0.3 is 0 Å². The van der Waals surface area contributed by atoms with Crippen molar-refractivity contribution in [3.8, 4) is 0 Å². The maximum atomic E-state index is 12.9. The fourth-order valence-electron chi connectivity index (χ4n) is 3.37. The molecule has 1 fully saturated rings. The third-order valence-corrected chi connectivity index (χ3v) is 6.61. The summed E-state index contributed by atoms with van der Waals surface area (Å²) in [5.41, 5.74) is 0.778. The zero-order chi connectivity index (χ0) is 20.4. The molecule has 0 radical (unpaired) electrons. The second-order valence-electron chi connectivity index (χ2n) is 6.95. The normalized spacial score (nSPS) is 21.0. The number of hydrogen-bond donors (Lipinski definition) is 3. The molecule has 0 aromatic heterocycles. The van der Waals surface area contributed by atoms with E-state index in [9.17, 15) is 13.4 Å². The number of aliphatic imine (C=N–C) groups is 1. The quantitative estimate of drug-likeness (QED) is 0.346. The van der Waals surface area contributed by atoms with E-state index in [-0.39, 0.29) is 29.4 Å². The first-order chi connectivity index (χ1) is 13.5. The third-order valence-electron chi connectivity index (χ3n) is 4.86. The molecule has 3 N–H and O–H groups in total. The molecule has 8 heteroatoms. The van der Waals surface area contributed by atoms with E-state index in [4.69, 9.17) is 0 Å². The molecule has 0 aliphatic heterocycles. The lowest BCUT2D eigenvalue weighted by Gasteiger charge is -2.30. The number of hydrogen-bond acceptors (Lipinski definition) is 3. The number of carbonyl (C=O) groups is 1. The Hall–Kier alpha value is -1.96. The smallest absolute Gasteiger partial charge is 0.224 e. The fourth-order valence-corrected chi connectivity index (χ4v) is 4.72. The largest absolute Gasteiger partial charge is 0.355 e. The average Bonchev–Trinajstić information content (AvgIpc) is 2.71. The van der Waals surface area contributed by atoms with Gasteiger partial charge in [-0.1, -0.05) is 25.5 Å². The van der Waals surface area contributed by atoms with Gasteiger partial charge in [-0.2, -0.15) is 0 Å². The van der Waals surface area contributed by atoms with Crippen LogP contribution in [-0.4, -0.2) is 53.3 Å². The van der Waals surface area contributed by atoms with Crippen LogP contribution >= 0.6 is 0 Å². The topological polar surface area (TPSA) is 82.6 Å². The van der Waals surface area contributed by atoms with Crippen LogP contribution in [-0.2, 0) is 22.0 Å². The molecule has 0 heterocycles. The van der Waals surface area contributed by atoms with Crippen LogP contribution in [0.5, 0.6) is 0 Å². The molecule has 156 valence electrons. The molecule has 3 unspecified atom stereocenters. The maximum absolute atomic E-state index is 12.9. The minimum Gasteiger partial charge on any atom is -0.355 e. The minimum absolute atomic E-state index is 0.103. The number of benzene rings is 1. The first kappa shape index (κ1) is 22.3. The van der Waals surface area contributed by atoms with E-state index in [1.165, 1.54) is 12.1 Å². The van der Waals surface area contributed by atoms with E-state index in [0.29, 0.717) is 24.8 Å². The SMILES string of the molecule is CCS(=O)C1CCCC(NC(=NC)NCCNC(=O)Cc2ccc(F)cc2)C1. The van der Waals surface area contributed by atoms with Crippen molar-refractivity contribution in [1.29, 1.82) is 0 Å². The molecule has 0 spiro atoms. The van der Waals surface area contributed by atoms with Gasteiger partial charge in [-0.05, 0) is 37.0 Å². The van der Waals surface area contributed by atoms with Gasteiger partial charge in [-0.15, -0.1) is 0 Å². The van der Waals surface area contributed by atoms with E-state index < -0.39 is 10.8 Å². The van der Waals surface area contributed by atoms with Gasteiger partial charge in [-0.25, -0.2) is 4.39 Å². The number of halogens is 1. The van der Waals surface area contributed by atoms with Crippen molar-refractivity contribution >= 4 is 22.7 Å². The lowest BCUT2D eigenvalue weighted by Crippen LogP contribution is -2.48. The number of rotatable bonds is 8. The molecule has 1 aliphatic carbocycles. The number of guanidine groups is 1. The Morgan fingerprint density at radius 3 is 2.61 bits per heavy atom. The van der Waals surface area contributed by atoms with Gasteiger partial charge < -0.3 is 16.0 Å². The molecule has 1 aromatic rings. The lowest BCUT2D eigenvalue weighted by molar-refractivity contribution is -0.120. The van der Waals surface area contributed by atoms with Crippen molar-refractivity contribution in [2.75, 3.05) is 25.9 Å². The van der Waals surface area contributed by atoms with Gasteiger partial charge in [0.1, 0.15) is 5.82 Å². The highest BCUT2D eigenvalue weighted by Crippen LogP contribution is 2.22.